The van der Waals surface area contributed by atoms with Crippen molar-refractivity contribution >= 4 is 11.9 Å². The molecule has 0 bridgehead atoms. The van der Waals surface area contributed by atoms with Gasteiger partial charge in [-0.1, -0.05) is 6.92 Å². The molecule has 0 aliphatic carbocycles. The highest BCUT2D eigenvalue weighted by Crippen LogP contribution is 2.21. The maximum absolute atomic E-state index is 11.5. The SMILES string of the molecule is CCN1CCCC(CNC(=NC)N2CCC(CC(=O)NC)CC2)C1. The second-order valence-corrected chi connectivity index (χ2v) is 7.14. The third-order valence-electron chi connectivity index (χ3n) is 5.48. The molecule has 2 aliphatic heterocycles. The van der Waals surface area contributed by atoms with Gasteiger partial charge in [-0.2, -0.15) is 0 Å². The van der Waals surface area contributed by atoms with Crippen LogP contribution >= 0.6 is 0 Å². The van der Waals surface area contributed by atoms with Crippen molar-refractivity contribution in [1.29, 1.82) is 0 Å². The molecule has 0 radical (unpaired) electrons. The molecule has 6 heteroatoms. The van der Waals surface area contributed by atoms with Gasteiger partial charge in [0.2, 0.25) is 5.91 Å². The molecule has 1 unspecified atom stereocenters. The van der Waals surface area contributed by atoms with Crippen LogP contribution in [0.2, 0.25) is 0 Å². The topological polar surface area (TPSA) is 60.0 Å². The molecule has 2 rings (SSSR count). The van der Waals surface area contributed by atoms with Crippen LogP contribution in [0, 0.1) is 11.8 Å². The zero-order valence-corrected chi connectivity index (χ0v) is 15.7. The second kappa shape index (κ2) is 9.87. The Morgan fingerprint density at radius 3 is 2.54 bits per heavy atom. The maximum Gasteiger partial charge on any atom is 0.220 e. The summed E-state index contributed by atoms with van der Waals surface area (Å²) >= 11 is 0. The Labute approximate surface area is 147 Å². The van der Waals surface area contributed by atoms with Gasteiger partial charge in [0, 0.05) is 46.7 Å². The molecule has 2 fully saturated rings. The summed E-state index contributed by atoms with van der Waals surface area (Å²) in [6.45, 7) is 8.86. The summed E-state index contributed by atoms with van der Waals surface area (Å²) in [7, 11) is 3.59. The average Bonchev–Trinajstić information content (AvgIpc) is 2.63. The van der Waals surface area contributed by atoms with Crippen LogP contribution in [0.25, 0.3) is 0 Å². The maximum atomic E-state index is 11.5. The van der Waals surface area contributed by atoms with Crippen LogP contribution in [-0.2, 0) is 4.79 Å². The number of carbonyl (C=O) groups excluding carboxylic acids is 1. The summed E-state index contributed by atoms with van der Waals surface area (Å²) < 4.78 is 0. The van der Waals surface area contributed by atoms with Crippen LogP contribution in [0.3, 0.4) is 0 Å². The van der Waals surface area contributed by atoms with Crippen molar-refractivity contribution in [2.45, 2.75) is 39.0 Å². The highest BCUT2D eigenvalue weighted by atomic mass is 16.1. The molecule has 24 heavy (non-hydrogen) atoms. The fourth-order valence-electron chi connectivity index (χ4n) is 3.89. The monoisotopic (exact) mass is 337 g/mol. The molecule has 138 valence electrons. The van der Waals surface area contributed by atoms with Crippen LogP contribution in [0.1, 0.15) is 39.0 Å². The number of aliphatic imine (C=N–C) groups is 1. The van der Waals surface area contributed by atoms with E-state index in [0.717, 1.165) is 50.9 Å². The first kappa shape index (κ1) is 19.0. The number of guanidine groups is 1. The minimum atomic E-state index is 0.161. The quantitative estimate of drug-likeness (QED) is 0.583. The van der Waals surface area contributed by atoms with E-state index >= 15 is 0 Å². The Morgan fingerprint density at radius 1 is 1.17 bits per heavy atom. The van der Waals surface area contributed by atoms with Gasteiger partial charge in [0.25, 0.3) is 0 Å². The van der Waals surface area contributed by atoms with Crippen molar-refractivity contribution in [3.8, 4) is 0 Å². The van der Waals surface area contributed by atoms with Crippen molar-refractivity contribution in [3.05, 3.63) is 0 Å². The number of carbonyl (C=O) groups is 1. The van der Waals surface area contributed by atoms with Gasteiger partial charge in [0.1, 0.15) is 0 Å². The van der Waals surface area contributed by atoms with E-state index in [0.29, 0.717) is 12.3 Å². The van der Waals surface area contributed by atoms with Crippen LogP contribution < -0.4 is 10.6 Å². The molecule has 6 nitrogen and oxygen atoms in total. The van der Waals surface area contributed by atoms with Gasteiger partial charge in [0.05, 0.1) is 0 Å². The van der Waals surface area contributed by atoms with Gasteiger partial charge in [-0.25, -0.2) is 0 Å². The van der Waals surface area contributed by atoms with E-state index in [1.54, 1.807) is 7.05 Å². The summed E-state index contributed by atoms with van der Waals surface area (Å²) in [5, 5.41) is 6.32. The van der Waals surface area contributed by atoms with Gasteiger partial charge in [0.15, 0.2) is 5.96 Å². The van der Waals surface area contributed by atoms with Crippen molar-refractivity contribution in [2.75, 3.05) is 53.4 Å². The fourth-order valence-corrected chi connectivity index (χ4v) is 3.89. The third kappa shape index (κ3) is 5.65. The Balaban J connectivity index is 1.73. The van der Waals surface area contributed by atoms with Gasteiger partial charge in [-0.05, 0) is 50.6 Å². The van der Waals surface area contributed by atoms with Crippen LogP contribution in [-0.4, -0.2) is 75.0 Å². The Morgan fingerprint density at radius 2 is 1.92 bits per heavy atom. The number of hydrogen-bond acceptors (Lipinski definition) is 3. The molecule has 2 saturated heterocycles. The lowest BCUT2D eigenvalue weighted by Gasteiger charge is -2.36. The summed E-state index contributed by atoms with van der Waals surface area (Å²) in [5.41, 5.74) is 0. The molecule has 2 aliphatic rings. The number of nitrogens with zero attached hydrogens (tertiary/aromatic N) is 3. The second-order valence-electron chi connectivity index (χ2n) is 7.14. The van der Waals surface area contributed by atoms with E-state index in [9.17, 15) is 4.79 Å². The predicted octanol–water partition coefficient (Wildman–Crippen LogP) is 1.14. The number of piperidine rings is 2. The largest absolute Gasteiger partial charge is 0.359 e. The summed E-state index contributed by atoms with van der Waals surface area (Å²) in [6, 6.07) is 0. The zero-order valence-electron chi connectivity index (χ0n) is 15.7. The van der Waals surface area contributed by atoms with Crippen LogP contribution in [0.4, 0.5) is 0 Å². The lowest BCUT2D eigenvalue weighted by atomic mass is 9.93. The molecule has 1 amide bonds. The van der Waals surface area contributed by atoms with E-state index in [1.807, 2.05) is 7.05 Å². The molecule has 0 spiro atoms. The van der Waals surface area contributed by atoms with Crippen LogP contribution in [0.15, 0.2) is 4.99 Å². The lowest BCUT2D eigenvalue weighted by molar-refractivity contribution is -0.121. The number of amides is 1. The average molecular weight is 338 g/mol. The third-order valence-corrected chi connectivity index (χ3v) is 5.48. The van der Waals surface area contributed by atoms with Crippen molar-refractivity contribution in [2.24, 2.45) is 16.8 Å². The summed E-state index contributed by atoms with van der Waals surface area (Å²) in [4.78, 5) is 20.9. The van der Waals surface area contributed by atoms with E-state index in [2.05, 4.69) is 32.3 Å². The molecule has 0 aromatic rings. The fraction of sp³-hybridized carbons (Fsp3) is 0.889. The van der Waals surface area contributed by atoms with Gasteiger partial charge < -0.3 is 20.4 Å². The normalized spacial score (nSPS) is 24.0. The number of hydrogen-bond donors (Lipinski definition) is 2. The van der Waals surface area contributed by atoms with E-state index < -0.39 is 0 Å². The molecular formula is C18H35N5O. The standard InChI is InChI=1S/C18H35N5O/c1-4-22-9-5-6-16(14-22)13-21-18(20-3)23-10-7-15(8-11-23)12-17(24)19-2/h15-16H,4-14H2,1-3H3,(H,19,24)(H,20,21). The smallest absolute Gasteiger partial charge is 0.220 e. The highest BCUT2D eigenvalue weighted by Gasteiger charge is 2.24. The zero-order chi connectivity index (χ0) is 17.4. The minimum absolute atomic E-state index is 0.161. The van der Waals surface area contributed by atoms with Gasteiger partial charge in [-0.15, -0.1) is 0 Å². The summed E-state index contributed by atoms with van der Waals surface area (Å²) in [5.74, 6) is 2.42. The minimum Gasteiger partial charge on any atom is -0.359 e. The molecule has 1 atom stereocenters. The summed E-state index contributed by atoms with van der Waals surface area (Å²) in [6.07, 6.45) is 5.42. The van der Waals surface area contributed by atoms with Crippen molar-refractivity contribution in [1.82, 2.24) is 20.4 Å². The molecular weight excluding hydrogens is 302 g/mol. The first-order chi connectivity index (χ1) is 11.7. The first-order valence-corrected chi connectivity index (χ1v) is 9.54. The Bertz CT molecular complexity index is 418. The molecule has 0 saturated carbocycles. The van der Waals surface area contributed by atoms with Gasteiger partial charge in [-0.3, -0.25) is 9.79 Å². The number of rotatable bonds is 5. The first-order valence-electron chi connectivity index (χ1n) is 9.54. The highest BCUT2D eigenvalue weighted by molar-refractivity contribution is 5.80. The molecule has 0 aromatic heterocycles. The van der Waals surface area contributed by atoms with Crippen molar-refractivity contribution < 1.29 is 4.79 Å². The van der Waals surface area contributed by atoms with E-state index in [-0.39, 0.29) is 5.91 Å². The molecule has 0 aromatic carbocycles. The van der Waals surface area contributed by atoms with E-state index in [1.165, 1.54) is 25.9 Å². The number of nitrogens with one attached hydrogen (secondary N) is 2. The van der Waals surface area contributed by atoms with Crippen LogP contribution in [0.5, 0.6) is 0 Å². The Kier molecular flexibility index (Phi) is 7.82. The number of likely N-dealkylation sites (tertiary alicyclic amines) is 2. The van der Waals surface area contributed by atoms with Gasteiger partial charge >= 0.3 is 0 Å². The molecule has 2 heterocycles. The van der Waals surface area contributed by atoms with Crippen molar-refractivity contribution in [3.63, 3.8) is 0 Å². The predicted molar refractivity (Wildman–Crippen MR) is 99.2 cm³/mol. The lowest BCUT2D eigenvalue weighted by Crippen LogP contribution is -2.48. The van der Waals surface area contributed by atoms with E-state index in [4.69, 9.17) is 0 Å². The Hall–Kier alpha value is -1.30. The molecule has 2 N–H and O–H groups in total.